The average Bonchev–Trinajstić information content (AvgIpc) is 3.37. The Labute approximate surface area is 193 Å². The Morgan fingerprint density at radius 1 is 0.939 bits per heavy atom. The van der Waals surface area contributed by atoms with Crippen LogP contribution in [0.25, 0.3) is 0 Å². The van der Waals surface area contributed by atoms with Crippen molar-refractivity contribution in [1.29, 1.82) is 0 Å². The zero-order chi connectivity index (χ0) is 23.6. The monoisotopic (exact) mass is 473 g/mol. The number of hydrogen-bond donors (Lipinski definition) is 0. The van der Waals surface area contributed by atoms with Gasteiger partial charge in [0.15, 0.2) is 0 Å². The topological polar surface area (TPSA) is 43.9 Å². The summed E-state index contributed by atoms with van der Waals surface area (Å²) in [5.74, 6) is -0.403. The van der Waals surface area contributed by atoms with Gasteiger partial charge in [0, 0.05) is 38.9 Å². The summed E-state index contributed by atoms with van der Waals surface area (Å²) >= 11 is 1.33. The molecule has 5 nitrogen and oxygen atoms in total. The second kappa shape index (κ2) is 9.27. The number of hydrogen-bond acceptors (Lipinski definition) is 4. The van der Waals surface area contributed by atoms with Crippen LogP contribution in [0.5, 0.6) is 0 Å². The van der Waals surface area contributed by atoms with Crippen LogP contribution in [0.15, 0.2) is 66.0 Å². The summed E-state index contributed by atoms with van der Waals surface area (Å²) in [4.78, 5) is 31.6. The normalized spacial score (nSPS) is 14.3. The minimum Gasteiger partial charge on any atom is -0.368 e. The van der Waals surface area contributed by atoms with Crippen LogP contribution in [-0.2, 0) is 6.18 Å². The molecule has 1 aliphatic rings. The first-order valence-electron chi connectivity index (χ1n) is 10.4. The second-order valence-corrected chi connectivity index (χ2v) is 8.63. The van der Waals surface area contributed by atoms with E-state index < -0.39 is 11.7 Å². The van der Waals surface area contributed by atoms with Crippen LogP contribution in [-0.4, -0.2) is 49.9 Å². The summed E-state index contributed by atoms with van der Waals surface area (Å²) in [6.07, 6.45) is -4.40. The van der Waals surface area contributed by atoms with Crippen molar-refractivity contribution in [2.75, 3.05) is 43.0 Å². The first-order valence-corrected chi connectivity index (χ1v) is 11.3. The van der Waals surface area contributed by atoms with Crippen molar-refractivity contribution in [3.63, 3.8) is 0 Å². The smallest absolute Gasteiger partial charge is 0.368 e. The van der Waals surface area contributed by atoms with Gasteiger partial charge in [0.2, 0.25) is 0 Å². The predicted molar refractivity (Wildman–Crippen MR) is 123 cm³/mol. The number of nitrogens with zero attached hydrogens (tertiary/aromatic N) is 3. The van der Waals surface area contributed by atoms with E-state index in [0.29, 0.717) is 48.0 Å². The molecule has 0 N–H and O–H groups in total. The molecule has 0 saturated carbocycles. The minimum absolute atomic E-state index is 0.195. The maximum absolute atomic E-state index is 13.3. The van der Waals surface area contributed by atoms with Gasteiger partial charge in [-0.1, -0.05) is 24.3 Å². The minimum atomic E-state index is -4.40. The van der Waals surface area contributed by atoms with Crippen LogP contribution in [0.3, 0.4) is 0 Å². The lowest BCUT2D eigenvalue weighted by Gasteiger charge is -2.36. The Morgan fingerprint density at radius 3 is 2.33 bits per heavy atom. The number of amides is 2. The number of benzene rings is 2. The van der Waals surface area contributed by atoms with E-state index in [1.165, 1.54) is 22.3 Å². The van der Waals surface area contributed by atoms with E-state index in [-0.39, 0.29) is 11.8 Å². The van der Waals surface area contributed by atoms with Gasteiger partial charge in [-0.25, -0.2) is 0 Å². The molecule has 9 heteroatoms. The molecule has 1 fully saturated rings. The fourth-order valence-corrected chi connectivity index (χ4v) is 4.54. The zero-order valence-electron chi connectivity index (χ0n) is 17.9. The van der Waals surface area contributed by atoms with E-state index in [1.54, 1.807) is 54.4 Å². The fraction of sp³-hybridized carbons (Fsp3) is 0.250. The third-order valence-corrected chi connectivity index (χ3v) is 6.50. The lowest BCUT2D eigenvalue weighted by atomic mass is 10.1. The summed E-state index contributed by atoms with van der Waals surface area (Å²) in [7, 11) is 1.64. The van der Waals surface area contributed by atoms with Crippen molar-refractivity contribution in [3.05, 3.63) is 82.0 Å². The molecule has 2 aromatic carbocycles. The number of carbonyl (C=O) groups is 2. The highest BCUT2D eigenvalue weighted by Crippen LogP contribution is 2.32. The molecule has 4 rings (SSSR count). The van der Waals surface area contributed by atoms with E-state index in [4.69, 9.17) is 0 Å². The number of halogens is 3. The molecule has 3 aromatic rings. The lowest BCUT2D eigenvalue weighted by molar-refractivity contribution is -0.137. The maximum Gasteiger partial charge on any atom is 0.416 e. The van der Waals surface area contributed by atoms with Crippen LogP contribution in [0, 0.1) is 0 Å². The van der Waals surface area contributed by atoms with E-state index in [2.05, 4.69) is 0 Å². The predicted octanol–water partition coefficient (Wildman–Crippen LogP) is 5.01. The van der Waals surface area contributed by atoms with Crippen molar-refractivity contribution in [1.82, 2.24) is 4.90 Å². The zero-order valence-corrected chi connectivity index (χ0v) is 18.7. The Balaban J connectivity index is 1.47. The van der Waals surface area contributed by atoms with E-state index >= 15 is 0 Å². The molecule has 0 atom stereocenters. The van der Waals surface area contributed by atoms with Gasteiger partial charge in [-0.15, -0.1) is 11.3 Å². The Hall–Kier alpha value is -3.33. The van der Waals surface area contributed by atoms with Crippen LogP contribution in [0.2, 0.25) is 0 Å². The molecular weight excluding hydrogens is 451 g/mol. The van der Waals surface area contributed by atoms with E-state index in [0.717, 1.165) is 12.1 Å². The molecule has 2 amide bonds. The summed E-state index contributed by atoms with van der Waals surface area (Å²) < 4.78 is 39.1. The first kappa shape index (κ1) is 22.8. The van der Waals surface area contributed by atoms with Gasteiger partial charge in [-0.05, 0) is 41.8 Å². The van der Waals surface area contributed by atoms with Crippen LogP contribution in [0.4, 0.5) is 24.5 Å². The van der Waals surface area contributed by atoms with Crippen molar-refractivity contribution >= 4 is 34.5 Å². The third-order valence-electron chi connectivity index (χ3n) is 5.64. The number of thiophene rings is 1. The van der Waals surface area contributed by atoms with Gasteiger partial charge in [-0.2, -0.15) is 13.2 Å². The van der Waals surface area contributed by atoms with E-state index in [1.807, 2.05) is 10.3 Å². The second-order valence-electron chi connectivity index (χ2n) is 7.69. The number of anilines is 2. The van der Waals surface area contributed by atoms with Gasteiger partial charge in [0.25, 0.3) is 11.8 Å². The molecule has 1 saturated heterocycles. The molecule has 0 spiro atoms. The highest BCUT2D eigenvalue weighted by Gasteiger charge is 2.31. The van der Waals surface area contributed by atoms with Gasteiger partial charge in [0.05, 0.1) is 21.7 Å². The number of rotatable bonds is 4. The van der Waals surface area contributed by atoms with Crippen LogP contribution < -0.4 is 9.80 Å². The quantitative estimate of drug-likeness (QED) is 0.535. The number of carbonyl (C=O) groups excluding carboxylic acids is 2. The molecule has 1 aliphatic heterocycles. The summed E-state index contributed by atoms with van der Waals surface area (Å²) in [6.45, 7) is 1.57. The van der Waals surface area contributed by atoms with Crippen LogP contribution >= 0.6 is 11.3 Å². The van der Waals surface area contributed by atoms with Gasteiger partial charge >= 0.3 is 6.18 Å². The first-order chi connectivity index (χ1) is 15.8. The van der Waals surface area contributed by atoms with E-state index in [9.17, 15) is 22.8 Å². The fourth-order valence-electron chi connectivity index (χ4n) is 3.84. The Kier molecular flexibility index (Phi) is 6.42. The summed E-state index contributed by atoms with van der Waals surface area (Å²) in [5.41, 5.74) is 0.725. The molecule has 33 heavy (non-hydrogen) atoms. The van der Waals surface area contributed by atoms with Gasteiger partial charge in [0.1, 0.15) is 0 Å². The molecule has 2 heterocycles. The van der Waals surface area contributed by atoms with Crippen molar-refractivity contribution in [2.45, 2.75) is 6.18 Å². The lowest BCUT2D eigenvalue weighted by Crippen LogP contribution is -2.49. The van der Waals surface area contributed by atoms with Crippen molar-refractivity contribution in [3.8, 4) is 0 Å². The number of alkyl halides is 3. The largest absolute Gasteiger partial charge is 0.416 e. The highest BCUT2D eigenvalue weighted by molar-refractivity contribution is 7.12. The average molecular weight is 474 g/mol. The Bertz CT molecular complexity index is 1140. The molecule has 172 valence electrons. The maximum atomic E-state index is 13.3. The van der Waals surface area contributed by atoms with Crippen molar-refractivity contribution in [2.24, 2.45) is 0 Å². The van der Waals surface area contributed by atoms with Gasteiger partial charge < -0.3 is 14.7 Å². The third kappa shape index (κ3) is 4.88. The molecule has 1 aromatic heterocycles. The highest BCUT2D eigenvalue weighted by atomic mass is 32.1. The summed E-state index contributed by atoms with van der Waals surface area (Å²) in [5, 5.41) is 1.82. The number of piperazine rings is 1. The molecule has 0 unspecified atom stereocenters. The number of para-hydroxylation sites is 1. The van der Waals surface area contributed by atoms with Crippen LogP contribution in [0.1, 0.15) is 25.6 Å². The van der Waals surface area contributed by atoms with Gasteiger partial charge in [-0.3, -0.25) is 9.59 Å². The Morgan fingerprint density at radius 2 is 1.67 bits per heavy atom. The molecule has 0 aliphatic carbocycles. The van der Waals surface area contributed by atoms with Crippen molar-refractivity contribution < 1.29 is 22.8 Å². The molecular formula is C24H22F3N3O2S. The molecule has 0 bridgehead atoms. The standard InChI is InChI=1S/C24H22F3N3O2S/c1-28(23(32)21-10-5-15-33-21)20-9-3-2-8-19(20)22(31)30-13-11-29(12-14-30)18-7-4-6-17(16-18)24(25,26)27/h2-10,15-16H,11-14H2,1H3. The molecule has 0 radical (unpaired) electrons. The summed E-state index contributed by atoms with van der Waals surface area (Å²) in [6, 6.07) is 15.7. The SMILES string of the molecule is CN(C(=O)c1cccs1)c1ccccc1C(=O)N1CCN(c2cccc(C(F)(F)F)c2)CC1.